The number of nitrogens with two attached hydrogens (primary N) is 1. The van der Waals surface area contributed by atoms with Gasteiger partial charge in [0.1, 0.15) is 23.2 Å². The van der Waals surface area contributed by atoms with Crippen molar-refractivity contribution in [3.63, 3.8) is 0 Å². The smallest absolute Gasteiger partial charge is 0.243 e. The van der Waals surface area contributed by atoms with Crippen molar-refractivity contribution in [2.75, 3.05) is 0 Å². The molecule has 112 valence electrons. The quantitative estimate of drug-likeness (QED) is 0.805. The van der Waals surface area contributed by atoms with Crippen molar-refractivity contribution in [2.45, 2.75) is 25.7 Å². The molecule has 4 N–H and O–H groups in total. The van der Waals surface area contributed by atoms with Crippen LogP contribution in [0.15, 0.2) is 35.7 Å². The van der Waals surface area contributed by atoms with E-state index in [1.54, 1.807) is 18.2 Å². The summed E-state index contributed by atoms with van der Waals surface area (Å²) in [5.41, 5.74) is 7.64. The number of aryl methyl sites for hydroxylation is 1. The van der Waals surface area contributed by atoms with E-state index >= 15 is 0 Å². The Kier molecular flexibility index (Phi) is 3.47. The summed E-state index contributed by atoms with van der Waals surface area (Å²) in [5.74, 6) is 0.962. The number of ether oxygens (including phenoxy) is 1. The molecular weight excluding hydrogens is 280 g/mol. The topological polar surface area (TPSA) is 108 Å². The molecule has 0 saturated carbocycles. The lowest BCUT2D eigenvalue weighted by Gasteiger charge is -2.22. The number of benzene rings is 1. The van der Waals surface area contributed by atoms with Gasteiger partial charge in [0.05, 0.1) is 11.6 Å². The van der Waals surface area contributed by atoms with E-state index in [0.29, 0.717) is 17.1 Å². The van der Waals surface area contributed by atoms with Gasteiger partial charge in [-0.05, 0) is 24.1 Å². The zero-order valence-corrected chi connectivity index (χ0v) is 12.1. The number of aromatic amines is 1. The van der Waals surface area contributed by atoms with Gasteiger partial charge in [0.2, 0.25) is 11.8 Å². The van der Waals surface area contributed by atoms with Gasteiger partial charge in [0.25, 0.3) is 0 Å². The maximum Gasteiger partial charge on any atom is 0.243 e. The third-order valence-corrected chi connectivity index (χ3v) is 3.61. The molecule has 6 nitrogen and oxygen atoms in total. The average molecular weight is 296 g/mol. The summed E-state index contributed by atoms with van der Waals surface area (Å²) >= 11 is 0. The van der Waals surface area contributed by atoms with Gasteiger partial charge in [0, 0.05) is 6.42 Å². The summed E-state index contributed by atoms with van der Waals surface area (Å²) in [6.45, 7) is 2.06. The van der Waals surface area contributed by atoms with Gasteiger partial charge in [-0.3, -0.25) is 0 Å². The highest BCUT2D eigenvalue weighted by Crippen LogP contribution is 2.41. The van der Waals surface area contributed by atoms with Crippen molar-refractivity contribution in [3.05, 3.63) is 52.8 Å². The van der Waals surface area contributed by atoms with Crippen LogP contribution in [-0.4, -0.2) is 15.1 Å². The summed E-state index contributed by atoms with van der Waals surface area (Å²) in [7, 11) is 0. The maximum absolute atomic E-state index is 9.72. The minimum atomic E-state index is -0.418. The number of H-pyrrole nitrogens is 1. The minimum Gasteiger partial charge on any atom is -0.508 e. The van der Waals surface area contributed by atoms with Gasteiger partial charge >= 0.3 is 0 Å². The number of imidazole rings is 1. The van der Waals surface area contributed by atoms with Gasteiger partial charge in [0.15, 0.2) is 0 Å². The van der Waals surface area contributed by atoms with Crippen LogP contribution in [0.3, 0.4) is 0 Å². The lowest BCUT2D eigenvalue weighted by atomic mass is 9.88. The minimum absolute atomic E-state index is 0.0536. The van der Waals surface area contributed by atoms with E-state index in [2.05, 4.69) is 23.0 Å². The monoisotopic (exact) mass is 296 g/mol. The van der Waals surface area contributed by atoms with Crippen LogP contribution in [0.1, 0.15) is 36.3 Å². The molecule has 2 aromatic rings. The van der Waals surface area contributed by atoms with Crippen LogP contribution in [0.2, 0.25) is 0 Å². The second kappa shape index (κ2) is 5.45. The SMILES string of the molecule is CCCc1nc2c([nH]1)C(c1cccc(O)c1)C(C#N)=C(N)O2. The Morgan fingerprint density at radius 2 is 2.32 bits per heavy atom. The van der Waals surface area contributed by atoms with Gasteiger partial charge in [-0.2, -0.15) is 10.2 Å². The number of aromatic nitrogens is 2. The summed E-state index contributed by atoms with van der Waals surface area (Å²) in [6, 6.07) is 8.87. The molecule has 0 aliphatic carbocycles. The molecule has 0 amide bonds. The summed E-state index contributed by atoms with van der Waals surface area (Å²) in [4.78, 5) is 7.62. The third-order valence-electron chi connectivity index (χ3n) is 3.61. The van der Waals surface area contributed by atoms with Crippen LogP contribution in [0.25, 0.3) is 0 Å². The normalized spacial score (nSPS) is 16.8. The number of aromatic hydroxyl groups is 1. The van der Waals surface area contributed by atoms with Crippen molar-refractivity contribution in [1.29, 1.82) is 5.26 Å². The van der Waals surface area contributed by atoms with E-state index in [4.69, 9.17) is 10.5 Å². The molecule has 3 rings (SSSR count). The molecule has 1 aromatic heterocycles. The standard InChI is InChI=1S/C16H16N4O2/c1-2-4-12-19-14-13(9-5-3-6-10(21)7-9)11(8-17)15(18)22-16(14)20-12/h3,5-7,13,21H,2,4,18H2,1H3,(H,19,20). The zero-order valence-electron chi connectivity index (χ0n) is 12.1. The fourth-order valence-corrected chi connectivity index (χ4v) is 2.65. The van der Waals surface area contributed by atoms with E-state index in [1.807, 2.05) is 6.07 Å². The second-order valence-electron chi connectivity index (χ2n) is 5.17. The van der Waals surface area contributed by atoms with Crippen LogP contribution in [0.5, 0.6) is 11.6 Å². The van der Waals surface area contributed by atoms with Gasteiger partial charge in [-0.1, -0.05) is 19.1 Å². The van der Waals surface area contributed by atoms with Crippen molar-refractivity contribution < 1.29 is 9.84 Å². The number of phenolic OH excluding ortho intramolecular Hbond substituents is 1. The molecular formula is C16H16N4O2. The number of rotatable bonds is 3. The van der Waals surface area contributed by atoms with Crippen LogP contribution in [0, 0.1) is 11.3 Å². The first-order valence-corrected chi connectivity index (χ1v) is 7.09. The predicted octanol–water partition coefficient (Wildman–Crippen LogP) is 2.29. The molecule has 1 aliphatic rings. The van der Waals surface area contributed by atoms with Crippen molar-refractivity contribution in [2.24, 2.45) is 5.73 Å². The van der Waals surface area contributed by atoms with E-state index in [0.717, 1.165) is 24.2 Å². The Hall–Kier alpha value is -2.94. The lowest BCUT2D eigenvalue weighted by molar-refractivity contribution is 0.379. The number of hydrogen-bond acceptors (Lipinski definition) is 5. The highest BCUT2D eigenvalue weighted by Gasteiger charge is 2.33. The fourth-order valence-electron chi connectivity index (χ4n) is 2.65. The molecule has 1 aliphatic heterocycles. The number of phenols is 1. The van der Waals surface area contributed by atoms with E-state index < -0.39 is 5.92 Å². The first-order chi connectivity index (χ1) is 10.6. The molecule has 0 bridgehead atoms. The summed E-state index contributed by atoms with van der Waals surface area (Å²) < 4.78 is 5.47. The number of allylic oxidation sites excluding steroid dienone is 1. The Morgan fingerprint density at radius 3 is 3.00 bits per heavy atom. The zero-order chi connectivity index (χ0) is 15.7. The van der Waals surface area contributed by atoms with E-state index in [-0.39, 0.29) is 11.6 Å². The summed E-state index contributed by atoms with van der Waals surface area (Å²) in [6.07, 6.45) is 1.72. The number of nitrogens with one attached hydrogen (secondary N) is 1. The average Bonchev–Trinajstić information content (AvgIpc) is 2.88. The Morgan fingerprint density at radius 1 is 1.50 bits per heavy atom. The molecule has 2 heterocycles. The molecule has 6 heteroatoms. The van der Waals surface area contributed by atoms with E-state index in [1.165, 1.54) is 0 Å². The number of fused-ring (bicyclic) bond motifs is 1. The molecule has 0 fully saturated rings. The van der Waals surface area contributed by atoms with Gasteiger partial charge in [-0.15, -0.1) is 0 Å². The van der Waals surface area contributed by atoms with Crippen molar-refractivity contribution in [3.8, 4) is 17.7 Å². The Balaban J connectivity index is 2.15. The molecule has 22 heavy (non-hydrogen) atoms. The lowest BCUT2D eigenvalue weighted by Crippen LogP contribution is -2.21. The maximum atomic E-state index is 9.72. The Labute approximate surface area is 127 Å². The van der Waals surface area contributed by atoms with E-state index in [9.17, 15) is 10.4 Å². The molecule has 0 radical (unpaired) electrons. The largest absolute Gasteiger partial charge is 0.508 e. The third kappa shape index (κ3) is 2.27. The van der Waals surface area contributed by atoms with Crippen LogP contribution in [0.4, 0.5) is 0 Å². The molecule has 1 unspecified atom stereocenters. The molecule has 0 saturated heterocycles. The molecule has 0 spiro atoms. The fraction of sp³-hybridized carbons (Fsp3) is 0.250. The van der Waals surface area contributed by atoms with Crippen LogP contribution < -0.4 is 10.5 Å². The first kappa shape index (κ1) is 14.0. The Bertz CT molecular complexity index is 786. The molecule has 1 aromatic carbocycles. The number of nitrogens with zero attached hydrogens (tertiary/aromatic N) is 2. The highest BCUT2D eigenvalue weighted by atomic mass is 16.5. The van der Waals surface area contributed by atoms with Gasteiger partial charge < -0.3 is 20.6 Å². The number of hydrogen-bond donors (Lipinski definition) is 3. The first-order valence-electron chi connectivity index (χ1n) is 7.09. The van der Waals surface area contributed by atoms with Crippen LogP contribution in [-0.2, 0) is 6.42 Å². The van der Waals surface area contributed by atoms with Gasteiger partial charge in [-0.25, -0.2) is 0 Å². The second-order valence-corrected chi connectivity index (χ2v) is 5.17. The highest BCUT2D eigenvalue weighted by molar-refractivity contribution is 5.52. The van der Waals surface area contributed by atoms with Crippen molar-refractivity contribution >= 4 is 0 Å². The predicted molar refractivity (Wildman–Crippen MR) is 80.0 cm³/mol. The summed E-state index contributed by atoms with van der Waals surface area (Å²) in [5, 5.41) is 19.2. The molecule has 1 atom stereocenters. The number of nitriles is 1. The van der Waals surface area contributed by atoms with Crippen molar-refractivity contribution in [1.82, 2.24) is 9.97 Å². The van der Waals surface area contributed by atoms with Crippen LogP contribution >= 0.6 is 0 Å².